The minimum Gasteiger partial charge on any atom is -0.360 e. The molecule has 0 atom stereocenters. The van der Waals surface area contributed by atoms with Crippen molar-refractivity contribution in [1.82, 2.24) is 9.97 Å². The topological polar surface area (TPSA) is 54.9 Å². The van der Waals surface area contributed by atoms with Crippen LogP contribution in [0.4, 0.5) is 5.82 Å². The van der Waals surface area contributed by atoms with Crippen molar-refractivity contribution in [3.05, 3.63) is 16.0 Å². The standard InChI is InChI=1S/C7H7BrClN3O/c1-4(13)2-10-7-6(9)12-5(8)3-11-7/h3H,2H2,1H3,(H,10,11). The van der Waals surface area contributed by atoms with Gasteiger partial charge in [0.05, 0.1) is 12.7 Å². The van der Waals surface area contributed by atoms with Crippen LogP contribution in [-0.4, -0.2) is 22.3 Å². The van der Waals surface area contributed by atoms with Crippen molar-refractivity contribution in [2.45, 2.75) is 6.92 Å². The molecular weight excluding hydrogens is 257 g/mol. The van der Waals surface area contributed by atoms with Gasteiger partial charge >= 0.3 is 0 Å². The van der Waals surface area contributed by atoms with Gasteiger partial charge in [0, 0.05) is 0 Å². The summed E-state index contributed by atoms with van der Waals surface area (Å²) in [6.45, 7) is 1.68. The van der Waals surface area contributed by atoms with Crippen LogP contribution in [0.2, 0.25) is 5.15 Å². The van der Waals surface area contributed by atoms with Crippen LogP contribution in [0.3, 0.4) is 0 Å². The van der Waals surface area contributed by atoms with Gasteiger partial charge in [-0.25, -0.2) is 9.97 Å². The van der Waals surface area contributed by atoms with Crippen LogP contribution < -0.4 is 5.32 Å². The van der Waals surface area contributed by atoms with Crippen LogP contribution in [0.15, 0.2) is 10.8 Å². The molecule has 70 valence electrons. The summed E-state index contributed by atoms with van der Waals surface area (Å²) in [7, 11) is 0. The van der Waals surface area contributed by atoms with E-state index in [1.54, 1.807) is 0 Å². The summed E-state index contributed by atoms with van der Waals surface area (Å²) in [4.78, 5) is 18.5. The van der Waals surface area contributed by atoms with E-state index >= 15 is 0 Å². The Hall–Kier alpha value is -0.680. The second-order valence-corrected chi connectivity index (χ2v) is 3.56. The predicted molar refractivity (Wildman–Crippen MR) is 53.9 cm³/mol. The van der Waals surface area contributed by atoms with Gasteiger partial charge in [0.1, 0.15) is 10.4 Å². The summed E-state index contributed by atoms with van der Waals surface area (Å²) in [5, 5.41) is 3.01. The number of anilines is 1. The van der Waals surface area contributed by atoms with E-state index in [0.29, 0.717) is 10.4 Å². The number of carbonyl (C=O) groups is 1. The van der Waals surface area contributed by atoms with E-state index in [9.17, 15) is 4.79 Å². The number of hydrogen-bond donors (Lipinski definition) is 1. The molecule has 0 fully saturated rings. The fraction of sp³-hybridized carbons (Fsp3) is 0.286. The first-order valence-electron chi connectivity index (χ1n) is 3.51. The second kappa shape index (κ2) is 4.53. The molecule has 1 aromatic heterocycles. The number of ketones is 1. The molecule has 0 unspecified atom stereocenters. The number of carbonyl (C=O) groups excluding carboxylic acids is 1. The maximum Gasteiger partial charge on any atom is 0.172 e. The van der Waals surface area contributed by atoms with Crippen molar-refractivity contribution in [3.63, 3.8) is 0 Å². The fourth-order valence-electron chi connectivity index (χ4n) is 0.673. The number of aromatic nitrogens is 2. The van der Waals surface area contributed by atoms with Crippen molar-refractivity contribution in [3.8, 4) is 0 Å². The van der Waals surface area contributed by atoms with Gasteiger partial charge in [-0.2, -0.15) is 0 Å². The summed E-state index contributed by atoms with van der Waals surface area (Å²) in [5.74, 6) is 0.431. The van der Waals surface area contributed by atoms with Gasteiger partial charge in [-0.05, 0) is 22.9 Å². The Balaban J connectivity index is 2.72. The van der Waals surface area contributed by atoms with Gasteiger partial charge in [-0.3, -0.25) is 4.79 Å². The highest BCUT2D eigenvalue weighted by atomic mass is 79.9. The highest BCUT2D eigenvalue weighted by Gasteiger charge is 2.03. The third kappa shape index (κ3) is 3.28. The number of halogens is 2. The molecule has 0 saturated heterocycles. The first-order chi connectivity index (χ1) is 6.09. The van der Waals surface area contributed by atoms with Crippen molar-refractivity contribution in [2.75, 3.05) is 11.9 Å². The smallest absolute Gasteiger partial charge is 0.172 e. The molecule has 0 bridgehead atoms. The molecule has 0 aliphatic heterocycles. The van der Waals surface area contributed by atoms with Crippen LogP contribution in [0.5, 0.6) is 0 Å². The van der Waals surface area contributed by atoms with E-state index in [0.717, 1.165) is 0 Å². The van der Waals surface area contributed by atoms with Crippen LogP contribution >= 0.6 is 27.5 Å². The maximum absolute atomic E-state index is 10.6. The molecule has 0 aliphatic carbocycles. The van der Waals surface area contributed by atoms with Gasteiger partial charge in [0.2, 0.25) is 0 Å². The van der Waals surface area contributed by atoms with E-state index in [4.69, 9.17) is 11.6 Å². The van der Waals surface area contributed by atoms with Crippen LogP contribution in [0.1, 0.15) is 6.92 Å². The van der Waals surface area contributed by atoms with Crippen molar-refractivity contribution in [2.24, 2.45) is 0 Å². The van der Waals surface area contributed by atoms with Crippen LogP contribution in [0.25, 0.3) is 0 Å². The molecular formula is C7H7BrClN3O. The second-order valence-electron chi connectivity index (χ2n) is 2.39. The molecule has 0 amide bonds. The molecule has 0 spiro atoms. The minimum absolute atomic E-state index is 0.0146. The lowest BCUT2D eigenvalue weighted by Crippen LogP contribution is -2.11. The molecule has 0 aromatic carbocycles. The lowest BCUT2D eigenvalue weighted by atomic mass is 10.4. The third-order valence-electron chi connectivity index (χ3n) is 1.21. The molecule has 0 aliphatic rings. The molecule has 1 heterocycles. The Morgan fingerprint density at radius 2 is 2.46 bits per heavy atom. The largest absolute Gasteiger partial charge is 0.360 e. The maximum atomic E-state index is 10.6. The van der Waals surface area contributed by atoms with Gasteiger partial charge in [0.25, 0.3) is 0 Å². The quantitative estimate of drug-likeness (QED) is 0.906. The lowest BCUT2D eigenvalue weighted by Gasteiger charge is -2.03. The molecule has 1 N–H and O–H groups in total. The summed E-state index contributed by atoms with van der Waals surface area (Å²) < 4.78 is 0.561. The average molecular weight is 265 g/mol. The van der Waals surface area contributed by atoms with E-state index in [2.05, 4.69) is 31.2 Å². The third-order valence-corrected chi connectivity index (χ3v) is 1.85. The molecule has 13 heavy (non-hydrogen) atoms. The molecule has 4 nitrogen and oxygen atoms in total. The first kappa shape index (κ1) is 10.4. The van der Waals surface area contributed by atoms with E-state index in [-0.39, 0.29) is 17.5 Å². The molecule has 1 rings (SSSR count). The number of Topliss-reactive ketones (excluding diaryl/α,β-unsaturated/α-hetero) is 1. The van der Waals surface area contributed by atoms with Gasteiger partial charge < -0.3 is 5.32 Å². The number of nitrogens with one attached hydrogen (secondary N) is 1. The van der Waals surface area contributed by atoms with Crippen molar-refractivity contribution < 1.29 is 4.79 Å². The van der Waals surface area contributed by atoms with Crippen molar-refractivity contribution in [1.29, 1.82) is 0 Å². The zero-order valence-corrected chi connectivity index (χ0v) is 9.18. The number of nitrogens with zero attached hydrogens (tertiary/aromatic N) is 2. The Bertz CT molecular complexity index is 332. The summed E-state index contributed by atoms with van der Waals surface area (Å²) in [5.41, 5.74) is 0. The molecule has 0 saturated carbocycles. The Morgan fingerprint density at radius 3 is 3.00 bits per heavy atom. The van der Waals surface area contributed by atoms with E-state index < -0.39 is 0 Å². The molecule has 1 aromatic rings. The number of rotatable bonds is 3. The monoisotopic (exact) mass is 263 g/mol. The minimum atomic E-state index is 0.0146. The summed E-state index contributed by atoms with van der Waals surface area (Å²) in [6.07, 6.45) is 1.51. The fourth-order valence-corrected chi connectivity index (χ4v) is 1.26. The lowest BCUT2D eigenvalue weighted by molar-refractivity contribution is -0.115. The zero-order valence-electron chi connectivity index (χ0n) is 6.84. The predicted octanol–water partition coefficient (Wildman–Crippen LogP) is 1.89. The Morgan fingerprint density at radius 1 is 1.77 bits per heavy atom. The van der Waals surface area contributed by atoms with E-state index in [1.165, 1.54) is 13.1 Å². The van der Waals surface area contributed by atoms with Gasteiger partial charge in [-0.15, -0.1) is 0 Å². The van der Waals surface area contributed by atoms with E-state index in [1.807, 2.05) is 0 Å². The van der Waals surface area contributed by atoms with Crippen LogP contribution in [0, 0.1) is 0 Å². The van der Waals surface area contributed by atoms with Gasteiger partial charge in [-0.1, -0.05) is 11.6 Å². The number of hydrogen-bond acceptors (Lipinski definition) is 4. The van der Waals surface area contributed by atoms with Crippen LogP contribution in [-0.2, 0) is 4.79 Å². The zero-order chi connectivity index (χ0) is 9.84. The first-order valence-corrected chi connectivity index (χ1v) is 4.68. The Labute approximate surface area is 88.8 Å². The summed E-state index contributed by atoms with van der Waals surface area (Å²) in [6, 6.07) is 0. The van der Waals surface area contributed by atoms with Crippen molar-refractivity contribution >= 4 is 39.1 Å². The molecule has 0 radical (unpaired) electrons. The normalized spacial score (nSPS) is 9.77. The highest BCUT2D eigenvalue weighted by Crippen LogP contribution is 2.17. The average Bonchev–Trinajstić information content (AvgIpc) is 2.02. The SMILES string of the molecule is CC(=O)CNc1ncc(Br)nc1Cl. The summed E-state index contributed by atoms with van der Waals surface area (Å²) >= 11 is 8.86. The van der Waals surface area contributed by atoms with Gasteiger partial charge in [0.15, 0.2) is 11.0 Å². The molecule has 6 heteroatoms. The highest BCUT2D eigenvalue weighted by molar-refractivity contribution is 9.10. The Kier molecular flexibility index (Phi) is 3.62.